The zero-order chi connectivity index (χ0) is 22.7. The Bertz CT molecular complexity index is 1380. The van der Waals surface area contributed by atoms with Crippen molar-refractivity contribution >= 4 is 27.1 Å². The quantitative estimate of drug-likeness (QED) is 0.410. The van der Waals surface area contributed by atoms with Gasteiger partial charge in [0.25, 0.3) is 0 Å². The molecule has 0 fully saturated rings. The smallest absolute Gasteiger partial charge is 0.232 e. The first kappa shape index (κ1) is 21.5. The normalized spacial score (nSPS) is 11.4. The van der Waals surface area contributed by atoms with Crippen LogP contribution in [-0.2, 0) is 10.0 Å². The van der Waals surface area contributed by atoms with E-state index in [2.05, 4.69) is 14.7 Å². The van der Waals surface area contributed by atoms with E-state index in [1.54, 1.807) is 72.6 Å². The van der Waals surface area contributed by atoms with Gasteiger partial charge < -0.3 is 4.74 Å². The molecule has 4 rings (SSSR count). The van der Waals surface area contributed by atoms with E-state index >= 15 is 0 Å². The number of hydrogen-bond acceptors (Lipinski definition) is 6. The highest BCUT2D eigenvalue weighted by Gasteiger charge is 2.19. The van der Waals surface area contributed by atoms with Gasteiger partial charge in [0.05, 0.1) is 18.6 Å². The van der Waals surface area contributed by atoms with Crippen molar-refractivity contribution in [2.45, 2.75) is 13.3 Å². The van der Waals surface area contributed by atoms with Gasteiger partial charge in [0.15, 0.2) is 11.3 Å². The van der Waals surface area contributed by atoms with Crippen molar-refractivity contribution in [2.24, 2.45) is 0 Å². The summed E-state index contributed by atoms with van der Waals surface area (Å²) >= 11 is 0. The summed E-state index contributed by atoms with van der Waals surface area (Å²) in [5.41, 5.74) is 3.08. The molecule has 0 amide bonds. The monoisotopic (exact) mass is 450 g/mol. The van der Waals surface area contributed by atoms with Gasteiger partial charge in [0.2, 0.25) is 15.8 Å². The minimum Gasteiger partial charge on any atom is -0.497 e. The maximum absolute atomic E-state index is 13.0. The van der Waals surface area contributed by atoms with Gasteiger partial charge in [0.1, 0.15) is 12.1 Å². The topological polar surface area (TPSA) is 103 Å². The summed E-state index contributed by atoms with van der Waals surface area (Å²) in [6.07, 6.45) is 3.67. The minimum atomic E-state index is -3.40. The van der Waals surface area contributed by atoms with Crippen LogP contribution in [0.15, 0.2) is 67.1 Å². The van der Waals surface area contributed by atoms with Crippen LogP contribution in [0.3, 0.4) is 0 Å². The molecule has 0 unspecified atom stereocenters. The molecule has 9 heteroatoms. The number of anilines is 1. The van der Waals surface area contributed by atoms with Crippen LogP contribution in [0, 0.1) is 0 Å². The van der Waals surface area contributed by atoms with Crippen molar-refractivity contribution in [1.82, 2.24) is 14.4 Å². The molecular formula is C23H22N4O4S. The van der Waals surface area contributed by atoms with E-state index in [1.165, 1.54) is 0 Å². The summed E-state index contributed by atoms with van der Waals surface area (Å²) in [7, 11) is -1.84. The molecule has 8 nitrogen and oxygen atoms in total. The maximum Gasteiger partial charge on any atom is 0.232 e. The van der Waals surface area contributed by atoms with E-state index in [0.717, 1.165) is 11.3 Å². The first-order chi connectivity index (χ1) is 15.4. The van der Waals surface area contributed by atoms with Crippen LogP contribution in [0.4, 0.5) is 5.69 Å². The van der Waals surface area contributed by atoms with Crippen LogP contribution in [0.5, 0.6) is 5.75 Å². The number of ether oxygens (including phenoxy) is 1. The van der Waals surface area contributed by atoms with Crippen LogP contribution in [0.2, 0.25) is 0 Å². The van der Waals surface area contributed by atoms with Crippen LogP contribution in [0.1, 0.15) is 29.4 Å². The summed E-state index contributed by atoms with van der Waals surface area (Å²) in [4.78, 5) is 21.7. The number of rotatable bonds is 8. The molecule has 0 saturated heterocycles. The summed E-state index contributed by atoms with van der Waals surface area (Å²) < 4.78 is 33.7. The number of nitrogens with zero attached hydrogens (tertiary/aromatic N) is 3. The number of aromatic nitrogens is 3. The lowest BCUT2D eigenvalue weighted by Crippen LogP contribution is -2.16. The Morgan fingerprint density at radius 3 is 2.59 bits per heavy atom. The molecule has 0 aliphatic rings. The van der Waals surface area contributed by atoms with E-state index in [-0.39, 0.29) is 17.2 Å². The maximum atomic E-state index is 13.0. The lowest BCUT2D eigenvalue weighted by Gasteiger charge is -2.10. The Morgan fingerprint density at radius 1 is 1.09 bits per heavy atom. The number of nitrogens with one attached hydrogen (secondary N) is 1. The number of benzene rings is 2. The van der Waals surface area contributed by atoms with Gasteiger partial charge in [-0.2, -0.15) is 0 Å². The number of hydrogen-bond donors (Lipinski definition) is 1. The molecular weight excluding hydrogens is 428 g/mol. The fraction of sp³-hybridized carbons (Fsp3) is 0.174. The van der Waals surface area contributed by atoms with Gasteiger partial charge in [0, 0.05) is 23.0 Å². The Kier molecular flexibility index (Phi) is 5.91. The molecule has 2 heterocycles. The predicted molar refractivity (Wildman–Crippen MR) is 123 cm³/mol. The van der Waals surface area contributed by atoms with Crippen molar-refractivity contribution in [2.75, 3.05) is 17.6 Å². The van der Waals surface area contributed by atoms with Crippen LogP contribution in [-0.4, -0.2) is 41.4 Å². The van der Waals surface area contributed by atoms with Gasteiger partial charge >= 0.3 is 0 Å². The molecule has 32 heavy (non-hydrogen) atoms. The second-order valence-electron chi connectivity index (χ2n) is 7.18. The average molecular weight is 451 g/mol. The fourth-order valence-corrected chi connectivity index (χ4v) is 4.54. The highest BCUT2D eigenvalue weighted by atomic mass is 32.2. The van der Waals surface area contributed by atoms with Crippen LogP contribution < -0.4 is 9.46 Å². The van der Waals surface area contributed by atoms with Crippen molar-refractivity contribution < 1.29 is 17.9 Å². The zero-order valence-electron chi connectivity index (χ0n) is 17.6. The molecule has 2 aromatic heterocycles. The summed E-state index contributed by atoms with van der Waals surface area (Å²) in [5.74, 6) is 0.460. The van der Waals surface area contributed by atoms with Crippen molar-refractivity contribution in [3.63, 3.8) is 0 Å². The highest BCUT2D eigenvalue weighted by molar-refractivity contribution is 7.92. The average Bonchev–Trinajstić information content (AvgIpc) is 3.22. The van der Waals surface area contributed by atoms with Crippen LogP contribution in [0.25, 0.3) is 16.9 Å². The van der Waals surface area contributed by atoms with Gasteiger partial charge in [-0.3, -0.25) is 13.9 Å². The minimum absolute atomic E-state index is 0.0507. The molecule has 2 aromatic carbocycles. The van der Waals surface area contributed by atoms with Gasteiger partial charge in [-0.15, -0.1) is 0 Å². The molecule has 0 spiro atoms. The number of fused-ring (bicyclic) bond motifs is 1. The Morgan fingerprint density at radius 2 is 1.88 bits per heavy atom. The standard InChI is InChI=1S/C23H22N4O4S/c1-3-13-32(29,30)26-18-6-4-5-17(14-18)20-11-12-24-23-21(25-15-27(20)23)22(28)16-7-9-19(31-2)10-8-16/h4-12,14-15,26H,3,13H2,1-2H3. The Labute approximate surface area is 186 Å². The molecule has 164 valence electrons. The van der Waals surface area contributed by atoms with Crippen molar-refractivity contribution in [3.8, 4) is 17.0 Å². The molecule has 0 bridgehead atoms. The molecule has 0 aliphatic heterocycles. The largest absolute Gasteiger partial charge is 0.497 e. The number of ketones is 1. The Balaban J connectivity index is 1.71. The summed E-state index contributed by atoms with van der Waals surface area (Å²) in [6, 6.07) is 15.7. The SMILES string of the molecule is CCCS(=O)(=O)Nc1cccc(-c2ccnc3c(C(=O)c4ccc(OC)cc4)ncn23)c1. The zero-order valence-corrected chi connectivity index (χ0v) is 18.5. The fourth-order valence-electron chi connectivity index (χ4n) is 3.42. The summed E-state index contributed by atoms with van der Waals surface area (Å²) in [5, 5.41) is 0. The van der Waals surface area contributed by atoms with E-state index < -0.39 is 10.0 Å². The number of carbonyl (C=O) groups excluding carboxylic acids is 1. The van der Waals surface area contributed by atoms with Gasteiger partial charge in [-0.25, -0.2) is 18.4 Å². The van der Waals surface area contributed by atoms with Gasteiger partial charge in [-0.1, -0.05) is 19.1 Å². The highest BCUT2D eigenvalue weighted by Crippen LogP contribution is 2.25. The number of methoxy groups -OCH3 is 1. The third kappa shape index (κ3) is 4.33. The molecule has 0 saturated carbocycles. The van der Waals surface area contributed by atoms with Gasteiger partial charge in [-0.05, 0) is 48.9 Å². The third-order valence-corrected chi connectivity index (χ3v) is 6.40. The number of imidazole rings is 1. The lowest BCUT2D eigenvalue weighted by molar-refractivity contribution is 0.103. The second kappa shape index (κ2) is 8.80. The first-order valence-corrected chi connectivity index (χ1v) is 11.7. The third-order valence-electron chi connectivity index (χ3n) is 4.90. The Hall–Kier alpha value is -3.72. The number of carbonyl (C=O) groups is 1. The second-order valence-corrected chi connectivity index (χ2v) is 9.02. The molecule has 0 radical (unpaired) electrons. The van der Waals surface area contributed by atoms with Crippen molar-refractivity contribution in [1.29, 1.82) is 0 Å². The van der Waals surface area contributed by atoms with E-state index in [9.17, 15) is 13.2 Å². The molecule has 0 aliphatic carbocycles. The molecule has 0 atom stereocenters. The first-order valence-electron chi connectivity index (χ1n) is 10.0. The molecule has 1 N–H and O–H groups in total. The summed E-state index contributed by atoms with van der Waals surface area (Å²) in [6.45, 7) is 1.81. The van der Waals surface area contributed by atoms with E-state index in [4.69, 9.17) is 4.74 Å². The van der Waals surface area contributed by atoms with E-state index in [0.29, 0.717) is 29.1 Å². The molecule has 4 aromatic rings. The van der Waals surface area contributed by atoms with E-state index in [1.807, 2.05) is 13.0 Å². The predicted octanol–water partition coefficient (Wildman–Crippen LogP) is 3.79. The van der Waals surface area contributed by atoms with Crippen molar-refractivity contribution in [3.05, 3.63) is 78.4 Å². The number of sulfonamides is 1. The lowest BCUT2D eigenvalue weighted by atomic mass is 10.1. The van der Waals surface area contributed by atoms with Crippen LogP contribution >= 0.6 is 0 Å².